The second-order valence-electron chi connectivity index (χ2n) is 4.79. The lowest BCUT2D eigenvalue weighted by atomic mass is 10.2. The highest BCUT2D eigenvalue weighted by Crippen LogP contribution is 2.18. The molecule has 0 unspecified atom stereocenters. The zero-order valence-electron chi connectivity index (χ0n) is 11.9. The molecule has 1 aliphatic heterocycles. The Morgan fingerprint density at radius 1 is 1.45 bits per heavy atom. The van der Waals surface area contributed by atoms with Crippen molar-refractivity contribution in [3.05, 3.63) is 17.8 Å². The number of nitrogens with one attached hydrogen (secondary N) is 1. The van der Waals surface area contributed by atoms with Crippen LogP contribution < -0.4 is 11.2 Å². The second-order valence-corrected chi connectivity index (χ2v) is 4.79. The number of nitrogens with two attached hydrogens (primary N) is 1. The van der Waals surface area contributed by atoms with Gasteiger partial charge in [-0.05, 0) is 20.0 Å². The van der Waals surface area contributed by atoms with Crippen molar-refractivity contribution in [2.24, 2.45) is 0 Å². The molecule has 0 aromatic carbocycles. The summed E-state index contributed by atoms with van der Waals surface area (Å²) < 4.78 is 5.03. The molecule has 0 saturated carbocycles. The summed E-state index contributed by atoms with van der Waals surface area (Å²) in [5.41, 5.74) is 9.68. The lowest BCUT2D eigenvalue weighted by Crippen LogP contribution is -2.47. The summed E-state index contributed by atoms with van der Waals surface area (Å²) >= 11 is 0. The highest BCUT2D eigenvalue weighted by Gasteiger charge is 2.19. The Morgan fingerprint density at radius 2 is 2.15 bits per heavy atom. The maximum atomic E-state index is 11.9. The number of hydrazine groups is 1. The van der Waals surface area contributed by atoms with Crippen LogP contribution in [0.25, 0.3) is 0 Å². The fraction of sp³-hybridized carbons (Fsp3) is 0.538. The molecule has 0 amide bonds. The number of nitrogen functional groups attached to an aromatic ring is 1. The number of hydrogen-bond acceptors (Lipinski definition) is 7. The number of rotatable bonds is 4. The minimum Gasteiger partial charge on any atom is -0.462 e. The standard InChI is InChI=1S/C13H21N5O2/c1-3-20-13(19)11-8-10(14)9-15-12(11)16-18-6-4-17(2)5-7-18/h8-9H,3-7,14H2,1-2H3,(H,15,16). The third-order valence-corrected chi connectivity index (χ3v) is 3.17. The van der Waals surface area contributed by atoms with Crippen molar-refractivity contribution in [1.29, 1.82) is 0 Å². The van der Waals surface area contributed by atoms with Gasteiger partial charge in [-0.25, -0.2) is 14.8 Å². The number of ether oxygens (including phenoxy) is 1. The summed E-state index contributed by atoms with van der Waals surface area (Å²) in [4.78, 5) is 18.4. The molecule has 2 heterocycles. The second kappa shape index (κ2) is 6.53. The summed E-state index contributed by atoms with van der Waals surface area (Å²) in [5.74, 6) is 0.0751. The van der Waals surface area contributed by atoms with Gasteiger partial charge in [0.05, 0.1) is 18.5 Å². The van der Waals surface area contributed by atoms with Gasteiger partial charge < -0.3 is 20.8 Å². The Morgan fingerprint density at radius 3 is 2.80 bits per heavy atom. The quantitative estimate of drug-likeness (QED) is 0.772. The molecule has 20 heavy (non-hydrogen) atoms. The van der Waals surface area contributed by atoms with E-state index >= 15 is 0 Å². The lowest BCUT2D eigenvalue weighted by molar-refractivity contribution is 0.0526. The molecule has 1 aromatic heterocycles. The van der Waals surface area contributed by atoms with Gasteiger partial charge in [-0.2, -0.15) is 0 Å². The maximum absolute atomic E-state index is 11.9. The minimum atomic E-state index is -0.413. The molecule has 0 aliphatic carbocycles. The molecule has 0 radical (unpaired) electrons. The fourth-order valence-electron chi connectivity index (χ4n) is 2.00. The smallest absolute Gasteiger partial charge is 0.342 e. The van der Waals surface area contributed by atoms with E-state index in [1.807, 2.05) is 5.01 Å². The molecule has 7 heteroatoms. The average Bonchev–Trinajstić information content (AvgIpc) is 2.43. The van der Waals surface area contributed by atoms with E-state index in [1.165, 1.54) is 6.20 Å². The van der Waals surface area contributed by atoms with Crippen LogP contribution in [0.3, 0.4) is 0 Å². The summed E-state index contributed by atoms with van der Waals surface area (Å²) in [6.45, 7) is 5.76. The van der Waals surface area contributed by atoms with Gasteiger partial charge in [0, 0.05) is 26.2 Å². The van der Waals surface area contributed by atoms with Gasteiger partial charge >= 0.3 is 5.97 Å². The van der Waals surface area contributed by atoms with E-state index < -0.39 is 5.97 Å². The van der Waals surface area contributed by atoms with E-state index in [0.29, 0.717) is 23.7 Å². The summed E-state index contributed by atoms with van der Waals surface area (Å²) in [6.07, 6.45) is 1.53. The average molecular weight is 279 g/mol. The lowest BCUT2D eigenvalue weighted by Gasteiger charge is -2.33. The van der Waals surface area contributed by atoms with Crippen LogP contribution >= 0.6 is 0 Å². The third kappa shape index (κ3) is 3.58. The fourth-order valence-corrected chi connectivity index (χ4v) is 2.00. The van der Waals surface area contributed by atoms with Crippen LogP contribution in [0.2, 0.25) is 0 Å². The van der Waals surface area contributed by atoms with Crippen LogP contribution in [-0.2, 0) is 4.74 Å². The normalized spacial score (nSPS) is 16.9. The molecular weight excluding hydrogens is 258 g/mol. The summed E-state index contributed by atoms with van der Waals surface area (Å²) in [5, 5.41) is 2.04. The number of likely N-dealkylation sites (N-methyl/N-ethyl adjacent to an activating group) is 1. The van der Waals surface area contributed by atoms with Gasteiger partial charge in [-0.3, -0.25) is 0 Å². The van der Waals surface area contributed by atoms with Crippen LogP contribution in [0, 0.1) is 0 Å². The predicted octanol–water partition coefficient (Wildman–Crippen LogP) is 0.415. The zero-order chi connectivity index (χ0) is 14.5. The number of piperazine rings is 1. The Hall–Kier alpha value is -1.86. The van der Waals surface area contributed by atoms with Gasteiger partial charge in [0.2, 0.25) is 0 Å². The van der Waals surface area contributed by atoms with E-state index in [9.17, 15) is 4.79 Å². The van der Waals surface area contributed by atoms with Crippen molar-refractivity contribution in [3.63, 3.8) is 0 Å². The summed E-state index contributed by atoms with van der Waals surface area (Å²) in [6, 6.07) is 1.59. The Kier molecular flexibility index (Phi) is 4.75. The SMILES string of the molecule is CCOC(=O)c1cc(N)cnc1NN1CCN(C)CC1. The van der Waals surface area contributed by atoms with Crippen molar-refractivity contribution in [2.75, 3.05) is 51.0 Å². The molecule has 7 nitrogen and oxygen atoms in total. The van der Waals surface area contributed by atoms with Gasteiger partial charge in [-0.15, -0.1) is 0 Å². The molecule has 1 saturated heterocycles. The number of anilines is 2. The topological polar surface area (TPSA) is 83.7 Å². The van der Waals surface area contributed by atoms with Crippen LogP contribution in [0.5, 0.6) is 0 Å². The van der Waals surface area contributed by atoms with Crippen molar-refractivity contribution in [2.45, 2.75) is 6.92 Å². The molecule has 1 aliphatic rings. The first-order chi connectivity index (χ1) is 9.60. The van der Waals surface area contributed by atoms with Gasteiger partial charge in [0.15, 0.2) is 5.82 Å². The number of nitrogens with zero attached hydrogens (tertiary/aromatic N) is 3. The number of esters is 1. The van der Waals surface area contributed by atoms with Crippen molar-refractivity contribution < 1.29 is 9.53 Å². The van der Waals surface area contributed by atoms with Crippen LogP contribution in [-0.4, -0.2) is 60.7 Å². The van der Waals surface area contributed by atoms with Crippen molar-refractivity contribution in [1.82, 2.24) is 14.9 Å². The first-order valence-corrected chi connectivity index (χ1v) is 6.73. The molecule has 1 fully saturated rings. The molecule has 1 aromatic rings. The molecular formula is C13H21N5O2. The predicted molar refractivity (Wildman–Crippen MR) is 77.3 cm³/mol. The highest BCUT2D eigenvalue weighted by atomic mass is 16.5. The monoisotopic (exact) mass is 279 g/mol. The molecule has 0 bridgehead atoms. The van der Waals surface area contributed by atoms with Gasteiger partial charge in [0.1, 0.15) is 5.56 Å². The Bertz CT molecular complexity index is 472. The first-order valence-electron chi connectivity index (χ1n) is 6.73. The van der Waals surface area contributed by atoms with E-state index in [2.05, 4.69) is 22.4 Å². The van der Waals surface area contributed by atoms with E-state index in [1.54, 1.807) is 13.0 Å². The number of aromatic nitrogens is 1. The zero-order valence-corrected chi connectivity index (χ0v) is 11.9. The van der Waals surface area contributed by atoms with E-state index in [4.69, 9.17) is 10.5 Å². The first kappa shape index (κ1) is 14.5. The van der Waals surface area contributed by atoms with Crippen molar-refractivity contribution >= 4 is 17.5 Å². The molecule has 2 rings (SSSR count). The molecule has 110 valence electrons. The van der Waals surface area contributed by atoms with Crippen LogP contribution in [0.1, 0.15) is 17.3 Å². The van der Waals surface area contributed by atoms with E-state index in [0.717, 1.165) is 26.2 Å². The molecule has 0 atom stereocenters. The molecule has 0 spiro atoms. The minimum absolute atomic E-state index is 0.321. The molecule has 3 N–H and O–H groups in total. The van der Waals surface area contributed by atoms with Crippen LogP contribution in [0.15, 0.2) is 12.3 Å². The van der Waals surface area contributed by atoms with Crippen LogP contribution in [0.4, 0.5) is 11.5 Å². The summed E-state index contributed by atoms with van der Waals surface area (Å²) in [7, 11) is 2.09. The number of hydrogen-bond donors (Lipinski definition) is 2. The van der Waals surface area contributed by atoms with E-state index in [-0.39, 0.29) is 0 Å². The highest BCUT2D eigenvalue weighted by molar-refractivity contribution is 5.95. The van der Waals surface area contributed by atoms with Crippen molar-refractivity contribution in [3.8, 4) is 0 Å². The Labute approximate surface area is 118 Å². The largest absolute Gasteiger partial charge is 0.462 e. The van der Waals surface area contributed by atoms with Gasteiger partial charge in [-0.1, -0.05) is 0 Å². The maximum Gasteiger partial charge on any atom is 0.342 e. The Balaban J connectivity index is 2.12. The third-order valence-electron chi connectivity index (χ3n) is 3.17. The number of pyridine rings is 1. The van der Waals surface area contributed by atoms with Gasteiger partial charge in [0.25, 0.3) is 0 Å². The number of carbonyl (C=O) groups is 1. The number of carbonyl (C=O) groups excluding carboxylic acids is 1.